The van der Waals surface area contributed by atoms with Crippen LogP contribution in [-0.4, -0.2) is 48.4 Å². The number of nitrogens with zero attached hydrogens (tertiary/aromatic N) is 2. The van der Waals surface area contributed by atoms with Crippen molar-refractivity contribution in [2.24, 2.45) is 0 Å². The molecular weight excluding hydrogens is 463 g/mol. The summed E-state index contributed by atoms with van der Waals surface area (Å²) in [6.07, 6.45) is 0.633. The Labute approximate surface area is 211 Å². The first-order valence-electron chi connectivity index (χ1n) is 11.8. The number of hydrogen-bond acceptors (Lipinski definition) is 4. The molecule has 2 amide bonds. The van der Waals surface area contributed by atoms with E-state index in [4.69, 9.17) is 4.74 Å². The molecule has 3 rings (SSSR count). The van der Waals surface area contributed by atoms with Crippen LogP contribution in [0.1, 0.15) is 40.8 Å². The molecule has 0 saturated carbocycles. The summed E-state index contributed by atoms with van der Waals surface area (Å²) in [5.41, 5.74) is 2.89. The number of carbonyl (C=O) groups excluding carboxylic acids is 2. The van der Waals surface area contributed by atoms with Gasteiger partial charge in [-0.15, -0.1) is 11.3 Å². The van der Waals surface area contributed by atoms with Crippen LogP contribution in [0.25, 0.3) is 0 Å². The lowest BCUT2D eigenvalue weighted by Gasteiger charge is -2.30. The van der Waals surface area contributed by atoms with E-state index in [2.05, 4.69) is 0 Å². The maximum atomic E-state index is 13.6. The number of methoxy groups -OCH3 is 1. The number of halogens is 1. The van der Waals surface area contributed by atoms with Crippen molar-refractivity contribution >= 4 is 23.2 Å². The number of ether oxygens (including phenoxy) is 1. The first kappa shape index (κ1) is 26.6. The molecule has 5 nitrogen and oxygen atoms in total. The number of benzene rings is 2. The molecule has 186 valence electrons. The Morgan fingerprint density at radius 2 is 1.71 bits per heavy atom. The summed E-state index contributed by atoms with van der Waals surface area (Å²) in [6, 6.07) is 17.9. The maximum absolute atomic E-state index is 13.6. The zero-order valence-corrected chi connectivity index (χ0v) is 21.4. The van der Waals surface area contributed by atoms with Crippen molar-refractivity contribution in [2.75, 3.05) is 26.8 Å². The summed E-state index contributed by atoms with van der Waals surface area (Å²) in [5, 5.41) is 2.01. The van der Waals surface area contributed by atoms with Gasteiger partial charge in [-0.2, -0.15) is 0 Å². The summed E-state index contributed by atoms with van der Waals surface area (Å²) in [5.74, 6) is -0.887. The third kappa shape index (κ3) is 7.47. The molecule has 1 aromatic heterocycles. The molecule has 1 atom stereocenters. The van der Waals surface area contributed by atoms with Gasteiger partial charge in [-0.3, -0.25) is 9.59 Å². The van der Waals surface area contributed by atoms with Crippen LogP contribution in [0.15, 0.2) is 66.0 Å². The van der Waals surface area contributed by atoms with Gasteiger partial charge in [-0.25, -0.2) is 4.39 Å². The zero-order chi connectivity index (χ0) is 25.2. The Hall–Kier alpha value is -3.03. The number of aryl methyl sites for hydroxylation is 1. The van der Waals surface area contributed by atoms with E-state index in [1.165, 1.54) is 12.1 Å². The lowest BCUT2D eigenvalue weighted by molar-refractivity contribution is -0.142. The monoisotopic (exact) mass is 496 g/mol. The van der Waals surface area contributed by atoms with Gasteiger partial charge in [-0.05, 0) is 53.6 Å². The second-order valence-corrected chi connectivity index (χ2v) is 9.53. The average Bonchev–Trinajstić information content (AvgIpc) is 3.27. The molecule has 0 radical (unpaired) electrons. The fourth-order valence-electron chi connectivity index (χ4n) is 3.97. The second-order valence-electron chi connectivity index (χ2n) is 8.53. The van der Waals surface area contributed by atoms with Crippen molar-refractivity contribution in [3.8, 4) is 0 Å². The fourth-order valence-corrected chi connectivity index (χ4v) is 4.89. The lowest BCUT2D eigenvalue weighted by atomic mass is 9.95. The number of rotatable bonds is 12. The van der Waals surface area contributed by atoms with Gasteiger partial charge in [0.15, 0.2) is 0 Å². The van der Waals surface area contributed by atoms with Crippen LogP contribution in [0.2, 0.25) is 0 Å². The zero-order valence-electron chi connectivity index (χ0n) is 20.6. The average molecular weight is 497 g/mol. The third-order valence-electron chi connectivity index (χ3n) is 6.05. The summed E-state index contributed by atoms with van der Waals surface area (Å²) >= 11 is 1.60. The van der Waals surface area contributed by atoms with E-state index in [0.717, 1.165) is 21.6 Å². The van der Waals surface area contributed by atoms with Gasteiger partial charge in [0.1, 0.15) is 5.82 Å². The van der Waals surface area contributed by atoms with Crippen LogP contribution in [-0.2, 0) is 27.4 Å². The molecule has 0 bridgehead atoms. The number of thiophene rings is 1. The fraction of sp³-hybridized carbons (Fsp3) is 0.357. The molecule has 7 heteroatoms. The van der Waals surface area contributed by atoms with E-state index in [1.54, 1.807) is 40.4 Å². The van der Waals surface area contributed by atoms with Crippen LogP contribution in [0.4, 0.5) is 4.39 Å². The molecule has 35 heavy (non-hydrogen) atoms. The van der Waals surface area contributed by atoms with E-state index in [9.17, 15) is 14.0 Å². The molecule has 0 saturated heterocycles. The Morgan fingerprint density at radius 3 is 2.31 bits per heavy atom. The Bertz CT molecular complexity index is 1090. The SMILES string of the molecule is CCC(C(=O)N(CCOC)CC(=O)N(Cc1ccc(F)cc1)Cc1sccc1C)c1ccccc1. The summed E-state index contributed by atoms with van der Waals surface area (Å²) in [6.45, 7) is 5.38. The molecule has 0 spiro atoms. The largest absolute Gasteiger partial charge is 0.383 e. The number of hydrogen-bond donors (Lipinski definition) is 0. The van der Waals surface area contributed by atoms with Crippen molar-refractivity contribution < 1.29 is 18.7 Å². The molecule has 0 aliphatic rings. The van der Waals surface area contributed by atoms with Crippen LogP contribution in [0.5, 0.6) is 0 Å². The van der Waals surface area contributed by atoms with Crippen molar-refractivity contribution in [1.29, 1.82) is 0 Å². The lowest BCUT2D eigenvalue weighted by Crippen LogP contribution is -2.45. The summed E-state index contributed by atoms with van der Waals surface area (Å²) < 4.78 is 18.7. The highest BCUT2D eigenvalue weighted by molar-refractivity contribution is 7.10. The molecule has 2 aromatic carbocycles. The minimum absolute atomic E-state index is 0.0445. The van der Waals surface area contributed by atoms with Crippen LogP contribution in [0.3, 0.4) is 0 Å². The molecule has 3 aromatic rings. The Kier molecular flexibility index (Phi) is 9.99. The standard InChI is InChI=1S/C28H33FN2O3S/c1-4-25(23-8-6-5-7-9-23)28(33)30(15-16-34-3)20-27(32)31(19-26-21(2)14-17-35-26)18-22-10-12-24(29)13-11-22/h5-14,17,25H,4,15-16,18-20H2,1-3H3. The van der Waals surface area contributed by atoms with E-state index in [-0.39, 0.29) is 30.1 Å². The molecule has 0 aliphatic carbocycles. The summed E-state index contributed by atoms with van der Waals surface area (Å²) in [4.78, 5) is 31.6. The predicted molar refractivity (Wildman–Crippen MR) is 138 cm³/mol. The van der Waals surface area contributed by atoms with Crippen molar-refractivity contribution in [2.45, 2.75) is 39.3 Å². The topological polar surface area (TPSA) is 49.9 Å². The van der Waals surface area contributed by atoms with Gasteiger partial charge in [0, 0.05) is 25.1 Å². The molecular formula is C28H33FN2O3S. The van der Waals surface area contributed by atoms with E-state index in [0.29, 0.717) is 32.7 Å². The minimum Gasteiger partial charge on any atom is -0.383 e. The smallest absolute Gasteiger partial charge is 0.242 e. The Balaban J connectivity index is 1.83. The molecule has 0 N–H and O–H groups in total. The Morgan fingerprint density at radius 1 is 1.00 bits per heavy atom. The van der Waals surface area contributed by atoms with Crippen molar-refractivity contribution in [1.82, 2.24) is 9.80 Å². The van der Waals surface area contributed by atoms with Crippen LogP contribution < -0.4 is 0 Å². The van der Waals surface area contributed by atoms with Gasteiger partial charge < -0.3 is 14.5 Å². The van der Waals surface area contributed by atoms with E-state index < -0.39 is 0 Å². The van der Waals surface area contributed by atoms with Gasteiger partial charge in [0.25, 0.3) is 0 Å². The highest BCUT2D eigenvalue weighted by Gasteiger charge is 2.28. The number of carbonyl (C=O) groups is 2. The van der Waals surface area contributed by atoms with Gasteiger partial charge in [0.05, 0.1) is 25.6 Å². The van der Waals surface area contributed by atoms with E-state index in [1.807, 2.05) is 55.6 Å². The first-order valence-corrected chi connectivity index (χ1v) is 12.7. The molecule has 0 fully saturated rings. The van der Waals surface area contributed by atoms with Crippen molar-refractivity contribution in [3.05, 3.63) is 93.4 Å². The van der Waals surface area contributed by atoms with Crippen LogP contribution in [0, 0.1) is 12.7 Å². The first-order chi connectivity index (χ1) is 16.9. The van der Waals surface area contributed by atoms with E-state index >= 15 is 0 Å². The highest BCUT2D eigenvalue weighted by Crippen LogP contribution is 2.23. The van der Waals surface area contributed by atoms with Gasteiger partial charge in [0.2, 0.25) is 11.8 Å². The summed E-state index contributed by atoms with van der Waals surface area (Å²) in [7, 11) is 1.58. The van der Waals surface area contributed by atoms with Gasteiger partial charge in [-0.1, -0.05) is 49.4 Å². The van der Waals surface area contributed by atoms with Gasteiger partial charge >= 0.3 is 0 Å². The van der Waals surface area contributed by atoms with Crippen molar-refractivity contribution in [3.63, 3.8) is 0 Å². The molecule has 0 aliphatic heterocycles. The number of amides is 2. The third-order valence-corrected chi connectivity index (χ3v) is 7.06. The van der Waals surface area contributed by atoms with Crippen LogP contribution >= 0.6 is 11.3 Å². The minimum atomic E-state index is -0.328. The predicted octanol–water partition coefficient (Wildman–Crippen LogP) is 5.39. The molecule has 1 heterocycles. The second kappa shape index (κ2) is 13.2. The quantitative estimate of drug-likeness (QED) is 0.338. The highest BCUT2D eigenvalue weighted by atomic mass is 32.1. The molecule has 1 unspecified atom stereocenters. The normalized spacial score (nSPS) is 11.8. The maximum Gasteiger partial charge on any atom is 0.242 e.